The fourth-order valence-electron chi connectivity index (χ4n) is 1.73. The van der Waals surface area contributed by atoms with E-state index in [9.17, 15) is 12.8 Å². The Morgan fingerprint density at radius 2 is 2.05 bits per heavy atom. The van der Waals surface area contributed by atoms with Gasteiger partial charge >= 0.3 is 0 Å². The molecule has 0 atom stereocenters. The fraction of sp³-hybridized carbons (Fsp3) is 0.231. The first-order valence-electron chi connectivity index (χ1n) is 5.98. The van der Waals surface area contributed by atoms with E-state index in [2.05, 4.69) is 10.0 Å². The van der Waals surface area contributed by atoms with Crippen molar-refractivity contribution in [2.45, 2.75) is 18.0 Å². The molecule has 0 saturated heterocycles. The van der Waals surface area contributed by atoms with Crippen molar-refractivity contribution >= 4 is 21.4 Å². The van der Waals surface area contributed by atoms with Gasteiger partial charge in [-0.05, 0) is 36.2 Å². The molecule has 0 aliphatic carbocycles. The molecular formula is C13H15FN2O2S2. The van der Waals surface area contributed by atoms with Gasteiger partial charge in [-0.15, -0.1) is 11.3 Å². The lowest BCUT2D eigenvalue weighted by Gasteiger charge is -2.08. The van der Waals surface area contributed by atoms with Gasteiger partial charge in [0.05, 0.1) is 0 Å². The first-order chi connectivity index (χ1) is 9.53. The van der Waals surface area contributed by atoms with Crippen molar-refractivity contribution in [3.8, 4) is 0 Å². The third-order valence-electron chi connectivity index (χ3n) is 2.68. The summed E-state index contributed by atoms with van der Waals surface area (Å²) in [5.74, 6) is -0.739. The van der Waals surface area contributed by atoms with E-state index >= 15 is 0 Å². The third-order valence-corrected chi connectivity index (χ3v) is 4.99. The first kappa shape index (κ1) is 15.1. The van der Waals surface area contributed by atoms with Gasteiger partial charge in [-0.2, -0.15) is 0 Å². The highest BCUT2D eigenvalue weighted by Gasteiger charge is 2.19. The highest BCUT2D eigenvalue weighted by atomic mass is 32.2. The highest BCUT2D eigenvalue weighted by molar-refractivity contribution is 7.89. The molecule has 1 aromatic carbocycles. The Bertz CT molecular complexity index is 670. The lowest BCUT2D eigenvalue weighted by atomic mass is 10.2. The number of hydrogen-bond donors (Lipinski definition) is 2. The van der Waals surface area contributed by atoms with Crippen molar-refractivity contribution in [2.75, 3.05) is 7.05 Å². The molecule has 2 N–H and O–H groups in total. The van der Waals surface area contributed by atoms with Crippen molar-refractivity contribution in [2.24, 2.45) is 0 Å². The quantitative estimate of drug-likeness (QED) is 0.858. The van der Waals surface area contributed by atoms with Crippen LogP contribution in [0, 0.1) is 5.82 Å². The second kappa shape index (κ2) is 6.45. The highest BCUT2D eigenvalue weighted by Crippen LogP contribution is 2.17. The molecule has 7 heteroatoms. The SMILES string of the molecule is CNCc1ccc(S(=O)(=O)NCc2cccs2)c(F)c1. The van der Waals surface area contributed by atoms with Crippen LogP contribution in [0.4, 0.5) is 4.39 Å². The summed E-state index contributed by atoms with van der Waals surface area (Å²) in [6.45, 7) is 0.650. The molecule has 2 aromatic rings. The summed E-state index contributed by atoms with van der Waals surface area (Å²) in [4.78, 5) is 0.551. The summed E-state index contributed by atoms with van der Waals surface area (Å²) >= 11 is 1.44. The van der Waals surface area contributed by atoms with Crippen molar-refractivity contribution in [3.05, 3.63) is 52.0 Å². The van der Waals surface area contributed by atoms with Crippen LogP contribution in [-0.2, 0) is 23.1 Å². The summed E-state index contributed by atoms with van der Waals surface area (Å²) < 4.78 is 40.4. The number of rotatable bonds is 6. The van der Waals surface area contributed by atoms with Crippen LogP contribution < -0.4 is 10.0 Å². The van der Waals surface area contributed by atoms with E-state index in [1.54, 1.807) is 13.1 Å². The van der Waals surface area contributed by atoms with E-state index in [4.69, 9.17) is 0 Å². The van der Waals surface area contributed by atoms with Gasteiger partial charge in [-0.25, -0.2) is 17.5 Å². The molecule has 1 heterocycles. The van der Waals surface area contributed by atoms with Gasteiger partial charge in [0.25, 0.3) is 0 Å². The molecule has 0 spiro atoms. The predicted molar refractivity (Wildman–Crippen MR) is 77.5 cm³/mol. The lowest BCUT2D eigenvalue weighted by molar-refractivity contribution is 0.555. The second-order valence-electron chi connectivity index (χ2n) is 4.20. The van der Waals surface area contributed by atoms with Gasteiger partial charge in [0.1, 0.15) is 10.7 Å². The molecule has 0 saturated carbocycles. The minimum atomic E-state index is -3.84. The van der Waals surface area contributed by atoms with Crippen LogP contribution in [0.25, 0.3) is 0 Å². The van der Waals surface area contributed by atoms with E-state index in [0.29, 0.717) is 12.1 Å². The maximum Gasteiger partial charge on any atom is 0.243 e. The maximum atomic E-state index is 13.9. The molecule has 1 aromatic heterocycles. The molecule has 0 fully saturated rings. The van der Waals surface area contributed by atoms with Gasteiger partial charge in [-0.1, -0.05) is 12.1 Å². The number of nitrogens with one attached hydrogen (secondary N) is 2. The van der Waals surface area contributed by atoms with Gasteiger partial charge < -0.3 is 5.32 Å². The zero-order chi connectivity index (χ0) is 14.6. The van der Waals surface area contributed by atoms with E-state index in [-0.39, 0.29) is 11.4 Å². The zero-order valence-corrected chi connectivity index (χ0v) is 12.5. The molecule has 0 amide bonds. The molecule has 20 heavy (non-hydrogen) atoms. The van der Waals surface area contributed by atoms with Gasteiger partial charge in [-0.3, -0.25) is 0 Å². The Labute approximate surface area is 121 Å². The molecule has 0 aliphatic heterocycles. The van der Waals surface area contributed by atoms with Crippen molar-refractivity contribution in [1.29, 1.82) is 0 Å². The van der Waals surface area contributed by atoms with E-state index < -0.39 is 15.8 Å². The van der Waals surface area contributed by atoms with Crippen molar-refractivity contribution in [1.82, 2.24) is 10.0 Å². The van der Waals surface area contributed by atoms with Crippen LogP contribution in [0.2, 0.25) is 0 Å². The predicted octanol–water partition coefficient (Wildman–Crippen LogP) is 2.09. The van der Waals surface area contributed by atoms with Crippen LogP contribution in [0.5, 0.6) is 0 Å². The van der Waals surface area contributed by atoms with Crippen LogP contribution in [0.3, 0.4) is 0 Å². The minimum absolute atomic E-state index is 0.164. The summed E-state index contributed by atoms with van der Waals surface area (Å²) in [5, 5.41) is 4.74. The number of thiophene rings is 1. The molecule has 0 bridgehead atoms. The van der Waals surface area contributed by atoms with Gasteiger partial charge in [0, 0.05) is 18.0 Å². The standard InChI is InChI=1S/C13H15FN2O2S2/c1-15-8-10-4-5-13(12(14)7-10)20(17,18)16-9-11-3-2-6-19-11/h2-7,15-16H,8-9H2,1H3. The molecule has 0 unspecified atom stereocenters. The summed E-state index contributed by atoms with van der Waals surface area (Å²) in [7, 11) is -2.10. The Morgan fingerprint density at radius 3 is 2.65 bits per heavy atom. The number of hydrogen-bond acceptors (Lipinski definition) is 4. The van der Waals surface area contributed by atoms with Crippen molar-refractivity contribution in [3.63, 3.8) is 0 Å². The molecular weight excluding hydrogens is 299 g/mol. The summed E-state index contributed by atoms with van der Waals surface area (Å²) in [6, 6.07) is 7.77. The van der Waals surface area contributed by atoms with Crippen LogP contribution in [-0.4, -0.2) is 15.5 Å². The van der Waals surface area contributed by atoms with Crippen LogP contribution >= 0.6 is 11.3 Å². The fourth-order valence-corrected chi connectivity index (χ4v) is 3.53. The first-order valence-corrected chi connectivity index (χ1v) is 8.34. The monoisotopic (exact) mass is 314 g/mol. The Kier molecular flexibility index (Phi) is 4.87. The average Bonchev–Trinajstić information content (AvgIpc) is 2.90. The number of halogens is 1. The number of benzene rings is 1. The topological polar surface area (TPSA) is 58.2 Å². The van der Waals surface area contributed by atoms with E-state index in [1.807, 2.05) is 17.5 Å². The van der Waals surface area contributed by atoms with Gasteiger partial charge in [0.15, 0.2) is 0 Å². The molecule has 2 rings (SSSR count). The largest absolute Gasteiger partial charge is 0.316 e. The Hall–Kier alpha value is -1.28. The molecule has 108 valence electrons. The molecule has 0 aliphatic rings. The van der Waals surface area contributed by atoms with E-state index in [0.717, 1.165) is 4.88 Å². The maximum absolute atomic E-state index is 13.9. The second-order valence-corrected chi connectivity index (χ2v) is 6.97. The number of sulfonamides is 1. The summed E-state index contributed by atoms with van der Waals surface area (Å²) in [6.07, 6.45) is 0. The smallest absolute Gasteiger partial charge is 0.243 e. The van der Waals surface area contributed by atoms with Gasteiger partial charge in [0.2, 0.25) is 10.0 Å². The molecule has 4 nitrogen and oxygen atoms in total. The Balaban J connectivity index is 2.16. The van der Waals surface area contributed by atoms with Crippen LogP contribution in [0.1, 0.15) is 10.4 Å². The average molecular weight is 314 g/mol. The van der Waals surface area contributed by atoms with Crippen molar-refractivity contribution < 1.29 is 12.8 Å². The van der Waals surface area contributed by atoms with Crippen LogP contribution in [0.15, 0.2) is 40.6 Å². The third kappa shape index (κ3) is 3.63. The molecule has 0 radical (unpaired) electrons. The minimum Gasteiger partial charge on any atom is -0.316 e. The summed E-state index contributed by atoms with van der Waals surface area (Å²) in [5.41, 5.74) is 0.696. The Morgan fingerprint density at radius 1 is 1.25 bits per heavy atom. The lowest BCUT2D eigenvalue weighted by Crippen LogP contribution is -2.24. The zero-order valence-electron chi connectivity index (χ0n) is 10.9. The van der Waals surface area contributed by atoms with E-state index in [1.165, 1.54) is 23.5 Å². The normalized spacial score (nSPS) is 11.7.